The smallest absolute Gasteiger partial charge is 0.123 e. The van der Waals surface area contributed by atoms with Crippen molar-refractivity contribution in [3.05, 3.63) is 63.1 Å². The largest absolute Gasteiger partial charge is 0.489 e. The summed E-state index contributed by atoms with van der Waals surface area (Å²) in [7, 11) is 0. The van der Waals surface area contributed by atoms with E-state index in [9.17, 15) is 0 Å². The lowest BCUT2D eigenvalue weighted by Crippen LogP contribution is -2.05. The molecule has 0 aliphatic heterocycles. The maximum atomic E-state index is 6.17. The summed E-state index contributed by atoms with van der Waals surface area (Å²) < 4.78 is 6.80. The lowest BCUT2D eigenvalue weighted by atomic mass is 10.1. The first-order chi connectivity index (χ1) is 9.20. The Balaban J connectivity index is 2.10. The fourth-order valence-electron chi connectivity index (χ4n) is 1.80. The predicted molar refractivity (Wildman–Crippen MR) is 82.7 cm³/mol. The van der Waals surface area contributed by atoms with Crippen LogP contribution in [0.4, 0.5) is 0 Å². The Kier molecular flexibility index (Phi) is 5.25. The molecule has 0 amide bonds. The van der Waals surface area contributed by atoms with Gasteiger partial charge in [0.1, 0.15) is 12.4 Å². The van der Waals surface area contributed by atoms with Gasteiger partial charge in [0.15, 0.2) is 0 Å². The summed E-state index contributed by atoms with van der Waals surface area (Å²) in [6, 6.07) is 13.7. The molecule has 0 saturated heterocycles. The molecule has 2 aromatic rings. The van der Waals surface area contributed by atoms with Gasteiger partial charge in [0.25, 0.3) is 0 Å². The third kappa shape index (κ3) is 3.96. The van der Waals surface area contributed by atoms with Crippen molar-refractivity contribution in [3.63, 3.8) is 0 Å². The first-order valence-corrected chi connectivity index (χ1v) is 7.22. The molecule has 0 fully saturated rings. The highest BCUT2D eigenvalue weighted by molar-refractivity contribution is 9.10. The van der Waals surface area contributed by atoms with Crippen LogP contribution in [-0.2, 0) is 13.0 Å². The van der Waals surface area contributed by atoms with Gasteiger partial charge in [-0.25, -0.2) is 0 Å². The molecule has 0 bridgehead atoms. The van der Waals surface area contributed by atoms with Crippen molar-refractivity contribution in [1.29, 1.82) is 0 Å². The molecule has 0 saturated carbocycles. The normalized spacial score (nSPS) is 10.5. The van der Waals surface area contributed by atoms with Crippen molar-refractivity contribution in [2.24, 2.45) is 5.73 Å². The quantitative estimate of drug-likeness (QED) is 0.886. The molecule has 0 aromatic heterocycles. The summed E-state index contributed by atoms with van der Waals surface area (Å²) in [6.07, 6.45) is 0.810. The van der Waals surface area contributed by atoms with Crippen molar-refractivity contribution in [2.75, 3.05) is 6.54 Å². The Bertz CT molecular complexity index is 560. The average molecular weight is 341 g/mol. The number of halogens is 2. The summed E-state index contributed by atoms with van der Waals surface area (Å²) in [6.45, 7) is 1.06. The second-order valence-corrected chi connectivity index (χ2v) is 5.49. The van der Waals surface area contributed by atoms with Crippen LogP contribution in [0.1, 0.15) is 11.1 Å². The number of hydrogen-bond acceptors (Lipinski definition) is 2. The number of para-hydroxylation sites is 1. The molecule has 19 heavy (non-hydrogen) atoms. The maximum Gasteiger partial charge on any atom is 0.123 e. The molecule has 2 nitrogen and oxygen atoms in total. The lowest BCUT2D eigenvalue weighted by Gasteiger charge is -2.12. The van der Waals surface area contributed by atoms with Crippen LogP contribution in [0.15, 0.2) is 46.9 Å². The Morgan fingerprint density at radius 3 is 2.63 bits per heavy atom. The third-order valence-corrected chi connectivity index (χ3v) is 3.63. The Labute approximate surface area is 126 Å². The van der Waals surface area contributed by atoms with Crippen LogP contribution in [-0.4, -0.2) is 6.54 Å². The molecule has 100 valence electrons. The van der Waals surface area contributed by atoms with Gasteiger partial charge < -0.3 is 10.5 Å². The number of ether oxygens (including phenoxy) is 1. The summed E-state index contributed by atoms with van der Waals surface area (Å²) in [5.41, 5.74) is 7.68. The SMILES string of the molecule is NCCc1ccccc1OCc1ccc(Br)cc1Cl. The fourth-order valence-corrected chi connectivity index (χ4v) is 2.53. The minimum absolute atomic E-state index is 0.452. The Morgan fingerprint density at radius 1 is 1.11 bits per heavy atom. The van der Waals surface area contributed by atoms with Gasteiger partial charge in [-0.1, -0.05) is 51.8 Å². The second-order valence-electron chi connectivity index (χ2n) is 4.17. The van der Waals surface area contributed by atoms with Crippen LogP contribution in [0.5, 0.6) is 5.75 Å². The van der Waals surface area contributed by atoms with Gasteiger partial charge in [-0.15, -0.1) is 0 Å². The summed E-state index contributed by atoms with van der Waals surface area (Å²) >= 11 is 9.55. The summed E-state index contributed by atoms with van der Waals surface area (Å²) in [4.78, 5) is 0. The van der Waals surface area contributed by atoms with Gasteiger partial charge >= 0.3 is 0 Å². The van der Waals surface area contributed by atoms with E-state index in [1.165, 1.54) is 0 Å². The van der Waals surface area contributed by atoms with Crippen LogP contribution in [0.3, 0.4) is 0 Å². The third-order valence-electron chi connectivity index (χ3n) is 2.78. The zero-order chi connectivity index (χ0) is 13.7. The molecule has 0 unspecified atom stereocenters. The molecule has 0 heterocycles. The Hall–Kier alpha value is -1.03. The van der Waals surface area contributed by atoms with Crippen molar-refractivity contribution >= 4 is 27.5 Å². The summed E-state index contributed by atoms with van der Waals surface area (Å²) in [5, 5.41) is 0.700. The number of nitrogens with two attached hydrogens (primary N) is 1. The van der Waals surface area contributed by atoms with Crippen molar-refractivity contribution < 1.29 is 4.74 Å². The van der Waals surface area contributed by atoms with Crippen molar-refractivity contribution in [2.45, 2.75) is 13.0 Å². The van der Waals surface area contributed by atoms with E-state index in [-0.39, 0.29) is 0 Å². The first kappa shape index (κ1) is 14.4. The molecular formula is C15H15BrClNO. The van der Waals surface area contributed by atoms with Crippen LogP contribution in [0.2, 0.25) is 5.02 Å². The van der Waals surface area contributed by atoms with Crippen molar-refractivity contribution in [1.82, 2.24) is 0 Å². The van der Waals surface area contributed by atoms with Gasteiger partial charge in [-0.2, -0.15) is 0 Å². The number of rotatable bonds is 5. The minimum atomic E-state index is 0.452. The van der Waals surface area contributed by atoms with Crippen molar-refractivity contribution in [3.8, 4) is 5.75 Å². The molecule has 0 aliphatic carbocycles. The van der Waals surface area contributed by atoms with E-state index in [1.807, 2.05) is 42.5 Å². The average Bonchev–Trinajstić information content (AvgIpc) is 2.40. The van der Waals surface area contributed by atoms with Gasteiger partial charge in [-0.05, 0) is 36.7 Å². The highest BCUT2D eigenvalue weighted by Gasteiger charge is 2.05. The topological polar surface area (TPSA) is 35.2 Å². The Morgan fingerprint density at radius 2 is 1.89 bits per heavy atom. The molecule has 0 radical (unpaired) electrons. The van der Waals surface area contributed by atoms with Gasteiger partial charge in [0, 0.05) is 15.1 Å². The molecule has 2 rings (SSSR count). The molecule has 2 N–H and O–H groups in total. The first-order valence-electron chi connectivity index (χ1n) is 6.05. The fraction of sp³-hybridized carbons (Fsp3) is 0.200. The van der Waals surface area contributed by atoms with E-state index in [2.05, 4.69) is 15.9 Å². The van der Waals surface area contributed by atoms with E-state index in [4.69, 9.17) is 22.1 Å². The maximum absolute atomic E-state index is 6.17. The standard InChI is InChI=1S/C15H15BrClNO/c16-13-6-5-12(14(17)9-13)10-19-15-4-2-1-3-11(15)7-8-18/h1-6,9H,7-8,10,18H2. The van der Waals surface area contributed by atoms with E-state index in [1.54, 1.807) is 0 Å². The monoisotopic (exact) mass is 339 g/mol. The lowest BCUT2D eigenvalue weighted by molar-refractivity contribution is 0.303. The minimum Gasteiger partial charge on any atom is -0.489 e. The molecule has 0 aliphatic rings. The predicted octanol–water partition coefficient (Wildman–Crippen LogP) is 4.18. The zero-order valence-electron chi connectivity index (χ0n) is 10.4. The van der Waals surface area contributed by atoms with E-state index >= 15 is 0 Å². The number of hydrogen-bond donors (Lipinski definition) is 1. The molecule has 4 heteroatoms. The van der Waals surface area contributed by atoms with Gasteiger partial charge in [0.2, 0.25) is 0 Å². The van der Waals surface area contributed by atoms with Gasteiger partial charge in [0.05, 0.1) is 0 Å². The molecule has 0 spiro atoms. The van der Waals surface area contributed by atoms with E-state index in [0.29, 0.717) is 18.2 Å². The summed E-state index contributed by atoms with van der Waals surface area (Å²) in [5.74, 6) is 0.868. The van der Waals surface area contributed by atoms with Crippen LogP contribution >= 0.6 is 27.5 Å². The van der Waals surface area contributed by atoms with Crippen LogP contribution in [0.25, 0.3) is 0 Å². The second kappa shape index (κ2) is 6.94. The van der Waals surface area contributed by atoms with Crippen LogP contribution in [0, 0.1) is 0 Å². The highest BCUT2D eigenvalue weighted by Crippen LogP contribution is 2.24. The number of benzene rings is 2. The van der Waals surface area contributed by atoms with E-state index < -0.39 is 0 Å². The molecule has 0 atom stereocenters. The molecule has 2 aromatic carbocycles. The zero-order valence-corrected chi connectivity index (χ0v) is 12.7. The van der Waals surface area contributed by atoms with Gasteiger partial charge in [-0.3, -0.25) is 0 Å². The molecular weight excluding hydrogens is 326 g/mol. The van der Waals surface area contributed by atoms with Crippen LogP contribution < -0.4 is 10.5 Å². The van der Waals surface area contributed by atoms with E-state index in [0.717, 1.165) is 27.8 Å². The highest BCUT2D eigenvalue weighted by atomic mass is 79.9.